The number of ether oxygens (including phenoxy) is 2. The zero-order chi connectivity index (χ0) is 28.5. The van der Waals surface area contributed by atoms with E-state index in [0.29, 0.717) is 50.5 Å². The van der Waals surface area contributed by atoms with Crippen molar-refractivity contribution in [2.24, 2.45) is 0 Å². The first-order chi connectivity index (χ1) is 19.4. The van der Waals surface area contributed by atoms with Crippen molar-refractivity contribution in [2.45, 2.75) is 26.4 Å². The second kappa shape index (κ2) is 13.7. The molecule has 1 atom stereocenters. The van der Waals surface area contributed by atoms with Gasteiger partial charge in [0, 0.05) is 10.7 Å². The molecule has 1 amide bonds. The van der Waals surface area contributed by atoms with Crippen LogP contribution in [0.4, 0.5) is 5.69 Å². The molecule has 0 saturated heterocycles. The molecule has 0 saturated carbocycles. The molecule has 4 rings (SSSR count). The molecule has 0 aromatic heterocycles. The molecule has 0 fully saturated rings. The highest BCUT2D eigenvalue weighted by Crippen LogP contribution is 2.41. The highest BCUT2D eigenvalue weighted by Gasteiger charge is 2.35. The molecule has 3 aromatic rings. The van der Waals surface area contributed by atoms with Crippen LogP contribution in [0.3, 0.4) is 0 Å². The predicted octanol–water partition coefficient (Wildman–Crippen LogP) is 6.55. The van der Waals surface area contributed by atoms with E-state index in [1.807, 2.05) is 49.4 Å². The number of nitrogens with zero attached hydrogens (tertiary/aromatic N) is 1. The first kappa shape index (κ1) is 28.8. The number of carbonyl (C=O) groups excluding carboxylic acids is 2. The highest BCUT2D eigenvalue weighted by molar-refractivity contribution is 8.03. The van der Waals surface area contributed by atoms with Crippen molar-refractivity contribution < 1.29 is 19.1 Å². The lowest BCUT2D eigenvalue weighted by Gasteiger charge is -2.29. The third-order valence-electron chi connectivity index (χ3n) is 6.09. The van der Waals surface area contributed by atoms with E-state index in [4.69, 9.17) is 21.1 Å². The largest absolute Gasteiger partial charge is 0.492 e. The Hall–Kier alpha value is -4.19. The van der Waals surface area contributed by atoms with Gasteiger partial charge in [-0.25, -0.2) is 4.79 Å². The predicted molar refractivity (Wildman–Crippen MR) is 158 cm³/mol. The number of allylic oxidation sites excluding steroid dienone is 2. The van der Waals surface area contributed by atoms with Gasteiger partial charge in [-0.2, -0.15) is 5.26 Å². The molecule has 0 radical (unpaired) electrons. The molecule has 7 nitrogen and oxygen atoms in total. The summed E-state index contributed by atoms with van der Waals surface area (Å²) < 4.78 is 11.2. The Bertz CT molecular complexity index is 1480. The van der Waals surface area contributed by atoms with Gasteiger partial charge >= 0.3 is 5.97 Å². The van der Waals surface area contributed by atoms with E-state index in [1.54, 1.807) is 43.3 Å². The number of nitriles is 1. The van der Waals surface area contributed by atoms with E-state index < -0.39 is 11.9 Å². The van der Waals surface area contributed by atoms with Crippen LogP contribution in [-0.2, 0) is 20.9 Å². The first-order valence-corrected chi connectivity index (χ1v) is 14.0. The van der Waals surface area contributed by atoms with Gasteiger partial charge in [-0.3, -0.25) is 4.79 Å². The number of hydrogen-bond donors (Lipinski definition) is 2. The van der Waals surface area contributed by atoms with Gasteiger partial charge < -0.3 is 20.1 Å². The monoisotopic (exact) mass is 573 g/mol. The van der Waals surface area contributed by atoms with Crippen molar-refractivity contribution >= 4 is 40.9 Å². The summed E-state index contributed by atoms with van der Waals surface area (Å²) in [5.74, 6) is -0.882. The molecule has 0 bridgehead atoms. The van der Waals surface area contributed by atoms with E-state index in [0.717, 1.165) is 5.56 Å². The number of rotatable bonds is 10. The minimum absolute atomic E-state index is 0.0301. The lowest BCUT2D eigenvalue weighted by atomic mass is 9.82. The smallest absolute Gasteiger partial charge is 0.337 e. The van der Waals surface area contributed by atoms with Crippen molar-refractivity contribution in [1.82, 2.24) is 5.32 Å². The molecule has 40 heavy (non-hydrogen) atoms. The normalized spacial score (nSPS) is 14.7. The maximum absolute atomic E-state index is 13.4. The van der Waals surface area contributed by atoms with E-state index >= 15 is 0 Å². The summed E-state index contributed by atoms with van der Waals surface area (Å²) in [5.41, 5.74) is 3.31. The number of carbonyl (C=O) groups is 2. The van der Waals surface area contributed by atoms with Gasteiger partial charge in [-0.05, 0) is 49.2 Å². The number of halogens is 1. The molecule has 1 unspecified atom stereocenters. The average Bonchev–Trinajstić information content (AvgIpc) is 2.96. The Morgan fingerprint density at radius 2 is 1.75 bits per heavy atom. The van der Waals surface area contributed by atoms with E-state index in [1.165, 1.54) is 11.8 Å². The van der Waals surface area contributed by atoms with Gasteiger partial charge in [-0.1, -0.05) is 78.0 Å². The molecular weight excluding hydrogens is 546 g/mol. The molecule has 1 aliphatic heterocycles. The summed E-state index contributed by atoms with van der Waals surface area (Å²) in [7, 11) is 0. The Morgan fingerprint density at radius 1 is 1.05 bits per heavy atom. The van der Waals surface area contributed by atoms with Crippen LogP contribution in [0.25, 0.3) is 0 Å². The van der Waals surface area contributed by atoms with Crippen molar-refractivity contribution in [1.29, 1.82) is 5.26 Å². The van der Waals surface area contributed by atoms with Crippen LogP contribution < -0.4 is 15.4 Å². The zero-order valence-electron chi connectivity index (χ0n) is 22.1. The number of thioether (sulfide) groups is 1. The van der Waals surface area contributed by atoms with Crippen LogP contribution in [0.15, 0.2) is 101 Å². The van der Waals surface area contributed by atoms with Gasteiger partial charge in [0.1, 0.15) is 12.4 Å². The van der Waals surface area contributed by atoms with Gasteiger partial charge in [0.2, 0.25) is 5.91 Å². The van der Waals surface area contributed by atoms with E-state index in [2.05, 4.69) is 16.7 Å². The quantitative estimate of drug-likeness (QED) is 0.265. The number of dihydropyridines is 1. The molecular formula is C31H28ClN3O4S. The fourth-order valence-corrected chi connectivity index (χ4v) is 5.28. The van der Waals surface area contributed by atoms with Crippen molar-refractivity contribution in [2.75, 3.05) is 17.7 Å². The number of anilines is 1. The third kappa shape index (κ3) is 7.06. The fraction of sp³-hybridized carbons (Fsp3) is 0.194. The second-order valence-corrected chi connectivity index (χ2v) is 10.3. The molecule has 9 heteroatoms. The molecule has 1 heterocycles. The minimum atomic E-state index is -0.698. The first-order valence-electron chi connectivity index (χ1n) is 12.6. The summed E-state index contributed by atoms with van der Waals surface area (Å²) in [5, 5.41) is 17.3. The van der Waals surface area contributed by atoms with Gasteiger partial charge in [0.25, 0.3) is 0 Å². The summed E-state index contributed by atoms with van der Waals surface area (Å²) in [4.78, 5) is 26.2. The molecule has 2 N–H and O–H groups in total. The third-order valence-corrected chi connectivity index (χ3v) is 7.36. The SMILES string of the molecule is CCOc1ccccc1NC(=O)CSC1=C(C#N)C(c2ccc(Cl)cc2)C(C(=O)OCc2ccccc2)=C(C)N1. The molecule has 0 aliphatic carbocycles. The number of nitrogens with one attached hydrogen (secondary N) is 2. The minimum Gasteiger partial charge on any atom is -0.492 e. The van der Waals surface area contributed by atoms with Gasteiger partial charge in [-0.15, -0.1) is 0 Å². The standard InChI is InChI=1S/C31H28ClN3O4S/c1-3-38-26-12-8-7-11-25(26)35-27(36)19-40-30-24(17-33)29(22-13-15-23(32)16-14-22)28(20(2)34-30)31(37)39-18-21-9-5-4-6-10-21/h4-16,29,34H,3,18-19H2,1-2H3,(H,35,36). The molecule has 1 aliphatic rings. The lowest BCUT2D eigenvalue weighted by molar-refractivity contribution is -0.140. The Kier molecular flexibility index (Phi) is 9.90. The fourth-order valence-electron chi connectivity index (χ4n) is 4.26. The zero-order valence-corrected chi connectivity index (χ0v) is 23.6. The highest BCUT2D eigenvalue weighted by atomic mass is 35.5. The molecule has 0 spiro atoms. The van der Waals surface area contributed by atoms with Crippen molar-refractivity contribution in [3.63, 3.8) is 0 Å². The van der Waals surface area contributed by atoms with Crippen LogP contribution in [0, 0.1) is 11.3 Å². The average molecular weight is 574 g/mol. The topological polar surface area (TPSA) is 100 Å². The van der Waals surface area contributed by atoms with Crippen LogP contribution in [-0.4, -0.2) is 24.2 Å². The van der Waals surface area contributed by atoms with Crippen LogP contribution in [0.2, 0.25) is 5.02 Å². The van der Waals surface area contributed by atoms with Crippen molar-refractivity contribution in [3.05, 3.63) is 117 Å². The lowest BCUT2D eigenvalue weighted by Crippen LogP contribution is -2.29. The number of hydrogen-bond acceptors (Lipinski definition) is 7. The van der Waals surface area contributed by atoms with Crippen molar-refractivity contribution in [3.8, 4) is 11.8 Å². The van der Waals surface area contributed by atoms with E-state index in [-0.39, 0.29) is 18.3 Å². The maximum Gasteiger partial charge on any atom is 0.337 e. The summed E-state index contributed by atoms with van der Waals surface area (Å²) in [6.07, 6.45) is 0. The second-order valence-electron chi connectivity index (χ2n) is 8.83. The van der Waals surface area contributed by atoms with Crippen LogP contribution in [0.5, 0.6) is 5.75 Å². The Balaban J connectivity index is 1.58. The number of para-hydroxylation sites is 2. The van der Waals surface area contributed by atoms with Gasteiger partial charge in [0.05, 0.1) is 46.2 Å². The van der Waals surface area contributed by atoms with E-state index in [9.17, 15) is 14.9 Å². The van der Waals surface area contributed by atoms with Crippen LogP contribution >= 0.6 is 23.4 Å². The summed E-state index contributed by atoms with van der Waals surface area (Å²) >= 11 is 7.31. The molecule has 204 valence electrons. The Morgan fingerprint density at radius 3 is 2.45 bits per heavy atom. The number of esters is 1. The summed E-state index contributed by atoms with van der Waals surface area (Å²) in [6, 6.07) is 25.8. The number of amides is 1. The Labute approximate surface area is 242 Å². The van der Waals surface area contributed by atoms with Crippen LogP contribution in [0.1, 0.15) is 30.9 Å². The number of benzene rings is 3. The molecule has 3 aromatic carbocycles. The maximum atomic E-state index is 13.4. The van der Waals surface area contributed by atoms with Gasteiger partial charge in [0.15, 0.2) is 0 Å². The summed E-state index contributed by atoms with van der Waals surface area (Å²) in [6.45, 7) is 4.20.